The zero-order chi connectivity index (χ0) is 40.5. The van der Waals surface area contributed by atoms with Gasteiger partial charge in [0.05, 0.1) is 50.5 Å². The fourth-order valence-electron chi connectivity index (χ4n) is 6.82. The van der Waals surface area contributed by atoms with Gasteiger partial charge in [0.25, 0.3) is 0 Å². The fourth-order valence-corrected chi connectivity index (χ4v) is 6.82. The first kappa shape index (κ1) is 40.1. The molecule has 0 aliphatic heterocycles. The molecule has 6 rings (SSSR count). The van der Waals surface area contributed by atoms with Crippen LogP contribution in [0.15, 0.2) is 103 Å². The van der Waals surface area contributed by atoms with Crippen molar-refractivity contribution in [2.45, 2.75) is 39.4 Å². The molecule has 13 heteroatoms. The molecule has 0 aliphatic rings. The number of H-pyrrole nitrogens is 2. The number of nitrogens with one attached hydrogen (secondary N) is 3. The van der Waals surface area contributed by atoms with Crippen LogP contribution in [-0.2, 0) is 32.2 Å². The van der Waals surface area contributed by atoms with Gasteiger partial charge < -0.3 is 29.8 Å². The molecule has 2 aromatic heterocycles. The van der Waals surface area contributed by atoms with Crippen molar-refractivity contribution >= 4 is 34.5 Å². The highest BCUT2D eigenvalue weighted by Crippen LogP contribution is 2.30. The van der Waals surface area contributed by atoms with Gasteiger partial charge in [-0.15, -0.1) is 0 Å². The van der Waals surface area contributed by atoms with E-state index in [2.05, 4.69) is 72.5 Å². The molecule has 13 nitrogen and oxygen atoms in total. The van der Waals surface area contributed by atoms with E-state index in [1.54, 1.807) is 22.2 Å². The van der Waals surface area contributed by atoms with Crippen molar-refractivity contribution in [1.29, 1.82) is 0 Å². The van der Waals surface area contributed by atoms with Crippen LogP contribution < -0.4 is 5.32 Å². The first-order valence-corrected chi connectivity index (χ1v) is 18.8. The Hall–Kier alpha value is -6.60. The number of alkyl carbamates (subject to hydrolysis) is 1. The van der Waals surface area contributed by atoms with Gasteiger partial charge in [-0.1, -0.05) is 85.8 Å². The van der Waals surface area contributed by atoms with Crippen molar-refractivity contribution in [1.82, 2.24) is 40.0 Å². The highest BCUT2D eigenvalue weighted by atomic mass is 16.5. The van der Waals surface area contributed by atoms with Crippen LogP contribution in [0.25, 0.3) is 44.4 Å². The molecule has 0 bridgehead atoms. The minimum Gasteiger partial charge on any atom is -0.453 e. The summed E-state index contributed by atoms with van der Waals surface area (Å²) in [6.45, 7) is 4.30. The number of methoxy groups -OCH3 is 1. The number of hydrogen-bond donors (Lipinski definition) is 3. The number of Topliss-reactive ketones (excluding diaryl/α,β-unsaturated/α-hetero) is 1. The van der Waals surface area contributed by atoms with E-state index < -0.39 is 12.1 Å². The van der Waals surface area contributed by atoms with E-state index in [-0.39, 0.29) is 37.2 Å². The lowest BCUT2D eigenvalue weighted by Crippen LogP contribution is -2.42. The van der Waals surface area contributed by atoms with E-state index in [1.807, 2.05) is 74.4 Å². The third-order valence-electron chi connectivity index (χ3n) is 9.63. The highest BCUT2D eigenvalue weighted by molar-refractivity contribution is 5.91. The summed E-state index contributed by atoms with van der Waals surface area (Å²) in [7, 11) is 4.97. The second-order valence-electron chi connectivity index (χ2n) is 14.2. The van der Waals surface area contributed by atoms with Crippen LogP contribution >= 0.6 is 0 Å². The number of ether oxygens (including phenoxy) is 1. The van der Waals surface area contributed by atoms with E-state index in [1.165, 1.54) is 14.0 Å². The largest absolute Gasteiger partial charge is 0.453 e. The number of aromatic nitrogens is 4. The summed E-state index contributed by atoms with van der Waals surface area (Å²) >= 11 is 0. The summed E-state index contributed by atoms with van der Waals surface area (Å²) in [4.78, 5) is 71.1. The van der Waals surface area contributed by atoms with Gasteiger partial charge in [-0.3, -0.25) is 19.3 Å². The Morgan fingerprint density at radius 1 is 0.737 bits per heavy atom. The van der Waals surface area contributed by atoms with Gasteiger partial charge >= 0.3 is 6.09 Å². The quantitative estimate of drug-likeness (QED) is 0.0995. The zero-order valence-electron chi connectivity index (χ0n) is 32.9. The average Bonchev–Trinajstić information content (AvgIpc) is 3.89. The lowest BCUT2D eigenvalue weighted by atomic mass is 9.98. The monoisotopic (exact) mass is 768 g/mol. The smallest absolute Gasteiger partial charge is 0.407 e. The van der Waals surface area contributed by atoms with Crippen LogP contribution in [0.3, 0.4) is 0 Å². The summed E-state index contributed by atoms with van der Waals surface area (Å²) < 4.78 is 4.57. The Morgan fingerprint density at radius 3 is 1.89 bits per heavy atom. The molecule has 2 heterocycles. The molecular weight excluding hydrogens is 721 g/mol. The van der Waals surface area contributed by atoms with Gasteiger partial charge in [0.2, 0.25) is 11.8 Å². The van der Waals surface area contributed by atoms with Gasteiger partial charge in [0.1, 0.15) is 30.0 Å². The predicted molar refractivity (Wildman–Crippen MR) is 220 cm³/mol. The molecule has 0 fully saturated rings. The summed E-state index contributed by atoms with van der Waals surface area (Å²) in [6, 6.07) is 29.8. The summed E-state index contributed by atoms with van der Waals surface area (Å²) in [6.07, 6.45) is 3.64. The number of rotatable bonds is 16. The standard InChI is InChI=1S/C44H48N8O5/c1-6-20-51(41(54)25-47-44(56)57-5)27-39-46-24-38(49-39)36-19-18-34-21-33(16-17-35(34)22-36)30-12-14-31(15-13-30)37-23-45-40(48-37)28-52(26-29(2)53)43(55)42(50(3)4)32-10-8-7-9-11-32/h7-19,21-24,42H,6,20,25-28H2,1-5H3,(H,45,48)(H,46,49)(H,47,56). The molecule has 0 spiro atoms. The van der Waals surface area contributed by atoms with E-state index in [0.717, 1.165) is 56.4 Å². The summed E-state index contributed by atoms with van der Waals surface area (Å²) in [5, 5.41) is 4.60. The molecule has 4 aromatic carbocycles. The SMILES string of the molecule is CCCN(Cc1ncc(-c2ccc3cc(-c4ccc(-c5cnc(CN(CC(C)=O)C(=O)C(c6ccccc6)N(C)C)[nH]5)cc4)ccc3c2)[nH]1)C(=O)CNC(=O)OC. The number of carbonyl (C=O) groups excluding carboxylic acids is 4. The maximum atomic E-state index is 13.8. The number of aromatic amines is 2. The third kappa shape index (κ3) is 9.99. The lowest BCUT2D eigenvalue weighted by molar-refractivity contribution is -0.140. The lowest BCUT2D eigenvalue weighted by Gasteiger charge is -2.30. The van der Waals surface area contributed by atoms with Gasteiger partial charge in [0, 0.05) is 12.1 Å². The number of benzene rings is 4. The average molecular weight is 769 g/mol. The highest BCUT2D eigenvalue weighted by Gasteiger charge is 2.29. The Balaban J connectivity index is 1.12. The van der Waals surface area contributed by atoms with Gasteiger partial charge in [-0.2, -0.15) is 0 Å². The Morgan fingerprint density at radius 2 is 1.30 bits per heavy atom. The minimum absolute atomic E-state index is 0.0147. The van der Waals surface area contributed by atoms with Crippen LogP contribution in [-0.4, -0.2) is 99.2 Å². The van der Waals surface area contributed by atoms with Crippen molar-refractivity contribution in [2.24, 2.45) is 0 Å². The number of hydrogen-bond acceptors (Lipinski definition) is 8. The normalized spacial score (nSPS) is 11.7. The molecule has 57 heavy (non-hydrogen) atoms. The Kier molecular flexibility index (Phi) is 12.9. The van der Waals surface area contributed by atoms with Crippen molar-refractivity contribution in [3.8, 4) is 33.6 Å². The fraction of sp³-hybridized carbons (Fsp3) is 0.273. The van der Waals surface area contributed by atoms with Crippen LogP contribution in [0.2, 0.25) is 0 Å². The molecule has 0 aliphatic carbocycles. The Labute approximate surface area is 332 Å². The molecule has 294 valence electrons. The number of carbonyl (C=O) groups is 4. The molecule has 1 unspecified atom stereocenters. The number of amides is 3. The number of likely N-dealkylation sites (N-methyl/N-ethyl adjacent to an activating group) is 1. The predicted octanol–water partition coefficient (Wildman–Crippen LogP) is 6.60. The first-order valence-electron chi connectivity index (χ1n) is 18.8. The topological polar surface area (TPSA) is 157 Å². The van der Waals surface area contributed by atoms with Crippen molar-refractivity contribution in [3.63, 3.8) is 0 Å². The summed E-state index contributed by atoms with van der Waals surface area (Å²) in [5.74, 6) is 0.749. The van der Waals surface area contributed by atoms with Crippen LogP contribution in [0.1, 0.15) is 43.5 Å². The second-order valence-corrected chi connectivity index (χ2v) is 14.2. The number of nitrogens with zero attached hydrogens (tertiary/aromatic N) is 5. The van der Waals surface area contributed by atoms with Crippen LogP contribution in [0.5, 0.6) is 0 Å². The molecule has 6 aromatic rings. The number of imidazole rings is 2. The number of ketones is 1. The van der Waals surface area contributed by atoms with Gasteiger partial charge in [0.15, 0.2) is 0 Å². The van der Waals surface area contributed by atoms with Gasteiger partial charge in [-0.25, -0.2) is 14.8 Å². The molecule has 0 saturated carbocycles. The summed E-state index contributed by atoms with van der Waals surface area (Å²) in [5.41, 5.74) is 6.56. The molecule has 3 N–H and O–H groups in total. The van der Waals surface area contributed by atoms with Crippen molar-refractivity contribution in [3.05, 3.63) is 121 Å². The molecular formula is C44H48N8O5. The van der Waals surface area contributed by atoms with Gasteiger partial charge in [-0.05, 0) is 72.6 Å². The van der Waals surface area contributed by atoms with E-state index in [9.17, 15) is 19.2 Å². The maximum absolute atomic E-state index is 13.8. The van der Waals surface area contributed by atoms with Crippen molar-refractivity contribution < 1.29 is 23.9 Å². The maximum Gasteiger partial charge on any atom is 0.407 e. The molecule has 0 radical (unpaired) electrons. The molecule has 3 amide bonds. The zero-order valence-corrected chi connectivity index (χ0v) is 32.9. The van der Waals surface area contributed by atoms with E-state index >= 15 is 0 Å². The Bertz CT molecular complexity index is 2330. The number of fused-ring (bicyclic) bond motifs is 1. The second kappa shape index (κ2) is 18.4. The van der Waals surface area contributed by atoms with Crippen molar-refractivity contribution in [2.75, 3.05) is 40.8 Å². The van der Waals surface area contributed by atoms with E-state index in [4.69, 9.17) is 0 Å². The van der Waals surface area contributed by atoms with Crippen LogP contribution in [0, 0.1) is 0 Å². The van der Waals surface area contributed by atoms with E-state index in [0.29, 0.717) is 24.7 Å². The first-order chi connectivity index (χ1) is 27.5. The minimum atomic E-state index is -0.650. The molecule has 1 atom stereocenters. The van der Waals surface area contributed by atoms with Crippen LogP contribution in [0.4, 0.5) is 4.79 Å². The molecule has 0 saturated heterocycles. The third-order valence-corrected chi connectivity index (χ3v) is 9.63.